The summed E-state index contributed by atoms with van der Waals surface area (Å²) in [5, 5.41) is 3.33. The van der Waals surface area contributed by atoms with E-state index in [1.165, 1.54) is 31.2 Å². The third-order valence-corrected chi connectivity index (χ3v) is 6.02. The predicted octanol–water partition coefficient (Wildman–Crippen LogP) is 1.42. The van der Waals surface area contributed by atoms with E-state index in [4.69, 9.17) is 4.74 Å². The summed E-state index contributed by atoms with van der Waals surface area (Å²) in [7, 11) is 1.68. The van der Waals surface area contributed by atoms with Crippen molar-refractivity contribution in [2.24, 2.45) is 0 Å². The molecule has 2 rings (SSSR count). The van der Waals surface area contributed by atoms with Crippen LogP contribution in [0.15, 0.2) is 29.2 Å². The molecular weight excluding hydrogens is 350 g/mol. The molecule has 8 heteroatoms. The number of benzene rings is 1. The molecule has 1 N–H and O–H groups in total. The van der Waals surface area contributed by atoms with Gasteiger partial charge in [-0.3, -0.25) is 4.90 Å². The molecule has 0 bridgehead atoms. The number of hydrogen-bond donors (Lipinski definition) is 1. The standard InChI is InChI=1S/C16H27N3O3S.ClH/c1-17-14-5-4-10-19(13-14)11-12-22-15-6-8-16(9-7-15)23(20,21)18(2)3;/h6-9,14,17H,4-5,10-13H2,1-3H3;1H. The van der Waals surface area contributed by atoms with Crippen LogP contribution in [0.2, 0.25) is 0 Å². The van der Waals surface area contributed by atoms with Gasteiger partial charge in [0.25, 0.3) is 0 Å². The minimum atomic E-state index is -3.38. The number of hydrogen-bond acceptors (Lipinski definition) is 5. The maximum atomic E-state index is 12.0. The van der Waals surface area contributed by atoms with Crippen LogP contribution in [0.25, 0.3) is 0 Å². The maximum absolute atomic E-state index is 12.0. The summed E-state index contributed by atoms with van der Waals surface area (Å²) >= 11 is 0. The van der Waals surface area contributed by atoms with Gasteiger partial charge in [0, 0.05) is 33.2 Å². The SMILES string of the molecule is CNC1CCCN(CCOc2ccc(S(=O)(=O)N(C)C)cc2)C1.Cl. The van der Waals surface area contributed by atoms with E-state index in [1.54, 1.807) is 24.3 Å². The smallest absolute Gasteiger partial charge is 0.242 e. The fraction of sp³-hybridized carbons (Fsp3) is 0.625. The molecule has 0 aromatic heterocycles. The quantitative estimate of drug-likeness (QED) is 0.778. The Morgan fingerprint density at radius 3 is 2.54 bits per heavy atom. The van der Waals surface area contributed by atoms with Crippen molar-refractivity contribution >= 4 is 22.4 Å². The van der Waals surface area contributed by atoms with Gasteiger partial charge in [-0.05, 0) is 50.7 Å². The zero-order valence-electron chi connectivity index (χ0n) is 14.6. The second-order valence-corrected chi connectivity index (χ2v) is 8.19. The van der Waals surface area contributed by atoms with Gasteiger partial charge in [0.15, 0.2) is 0 Å². The van der Waals surface area contributed by atoms with E-state index in [0.717, 1.165) is 19.6 Å². The molecule has 0 spiro atoms. The summed E-state index contributed by atoms with van der Waals surface area (Å²) in [5.74, 6) is 0.699. The highest BCUT2D eigenvalue weighted by Gasteiger charge is 2.18. The van der Waals surface area contributed by atoms with E-state index >= 15 is 0 Å². The highest BCUT2D eigenvalue weighted by Crippen LogP contribution is 2.18. The number of rotatable bonds is 7. The van der Waals surface area contributed by atoms with Crippen LogP contribution < -0.4 is 10.1 Å². The van der Waals surface area contributed by atoms with Gasteiger partial charge in [0.05, 0.1) is 4.90 Å². The van der Waals surface area contributed by atoms with E-state index in [2.05, 4.69) is 10.2 Å². The van der Waals surface area contributed by atoms with E-state index in [1.807, 2.05) is 7.05 Å². The summed E-state index contributed by atoms with van der Waals surface area (Å²) in [6.07, 6.45) is 2.44. The monoisotopic (exact) mass is 377 g/mol. The molecule has 1 aromatic rings. The normalized spacial score (nSPS) is 19.1. The first-order valence-corrected chi connectivity index (χ1v) is 9.42. The van der Waals surface area contributed by atoms with Crippen molar-refractivity contribution < 1.29 is 13.2 Å². The Kier molecular flexibility index (Phi) is 8.45. The fourth-order valence-electron chi connectivity index (χ4n) is 2.71. The first-order chi connectivity index (χ1) is 10.9. The number of nitrogens with one attached hydrogen (secondary N) is 1. The average molecular weight is 378 g/mol. The van der Waals surface area contributed by atoms with Crippen LogP contribution in [0.3, 0.4) is 0 Å². The van der Waals surface area contributed by atoms with Crippen LogP contribution in [0.1, 0.15) is 12.8 Å². The van der Waals surface area contributed by atoms with Crippen LogP contribution >= 0.6 is 12.4 Å². The third kappa shape index (κ3) is 5.60. The molecule has 1 fully saturated rings. The first-order valence-electron chi connectivity index (χ1n) is 7.98. The molecule has 0 saturated carbocycles. The summed E-state index contributed by atoms with van der Waals surface area (Å²) in [6, 6.07) is 7.16. The topological polar surface area (TPSA) is 61.9 Å². The van der Waals surface area contributed by atoms with Crippen LogP contribution in [0, 0.1) is 0 Å². The number of ether oxygens (including phenoxy) is 1. The highest BCUT2D eigenvalue weighted by molar-refractivity contribution is 7.89. The Morgan fingerprint density at radius 1 is 1.29 bits per heavy atom. The molecule has 24 heavy (non-hydrogen) atoms. The molecule has 1 heterocycles. The lowest BCUT2D eigenvalue weighted by Crippen LogP contribution is -2.45. The van der Waals surface area contributed by atoms with Crippen LogP contribution in [-0.4, -0.2) is 71.0 Å². The molecule has 0 amide bonds. The summed E-state index contributed by atoms with van der Waals surface area (Å²) in [6.45, 7) is 3.66. The Labute approximate surface area is 151 Å². The van der Waals surface area contributed by atoms with E-state index in [-0.39, 0.29) is 17.3 Å². The van der Waals surface area contributed by atoms with Crippen LogP contribution in [0.5, 0.6) is 5.75 Å². The zero-order chi connectivity index (χ0) is 16.9. The Morgan fingerprint density at radius 2 is 1.96 bits per heavy atom. The van der Waals surface area contributed by atoms with Crippen molar-refractivity contribution in [3.8, 4) is 5.75 Å². The van der Waals surface area contributed by atoms with Gasteiger partial charge in [-0.2, -0.15) is 0 Å². The highest BCUT2D eigenvalue weighted by atomic mass is 35.5. The van der Waals surface area contributed by atoms with Gasteiger partial charge in [0.1, 0.15) is 12.4 Å². The molecule has 6 nitrogen and oxygen atoms in total. The number of likely N-dealkylation sites (N-methyl/N-ethyl adjacent to an activating group) is 1. The maximum Gasteiger partial charge on any atom is 0.242 e. The van der Waals surface area contributed by atoms with Gasteiger partial charge in [0.2, 0.25) is 10.0 Å². The molecule has 1 aliphatic heterocycles. The van der Waals surface area contributed by atoms with Gasteiger partial charge < -0.3 is 10.1 Å². The molecular formula is C16H28ClN3O3S. The minimum Gasteiger partial charge on any atom is -0.492 e. The summed E-state index contributed by atoms with van der Waals surface area (Å²) in [4.78, 5) is 2.68. The number of nitrogens with zero attached hydrogens (tertiary/aromatic N) is 2. The lowest BCUT2D eigenvalue weighted by atomic mass is 10.1. The Balaban J connectivity index is 0.00000288. The lowest BCUT2D eigenvalue weighted by molar-refractivity contribution is 0.162. The average Bonchev–Trinajstić information content (AvgIpc) is 2.55. The Hall–Kier alpha value is -0.860. The van der Waals surface area contributed by atoms with Gasteiger partial charge >= 0.3 is 0 Å². The number of halogens is 1. The van der Waals surface area contributed by atoms with Crippen molar-refractivity contribution in [1.29, 1.82) is 0 Å². The molecule has 0 radical (unpaired) electrons. The largest absolute Gasteiger partial charge is 0.492 e. The van der Waals surface area contributed by atoms with Gasteiger partial charge in [-0.1, -0.05) is 0 Å². The third-order valence-electron chi connectivity index (χ3n) is 4.19. The van der Waals surface area contributed by atoms with Crippen molar-refractivity contribution in [1.82, 2.24) is 14.5 Å². The van der Waals surface area contributed by atoms with Crippen molar-refractivity contribution in [3.63, 3.8) is 0 Å². The van der Waals surface area contributed by atoms with Crippen molar-refractivity contribution in [2.75, 3.05) is 47.4 Å². The zero-order valence-corrected chi connectivity index (χ0v) is 16.2. The number of piperidine rings is 1. The van der Waals surface area contributed by atoms with Gasteiger partial charge in [-0.15, -0.1) is 12.4 Å². The minimum absolute atomic E-state index is 0. The van der Waals surface area contributed by atoms with Crippen molar-refractivity contribution in [3.05, 3.63) is 24.3 Å². The molecule has 1 aromatic carbocycles. The van der Waals surface area contributed by atoms with E-state index in [9.17, 15) is 8.42 Å². The van der Waals surface area contributed by atoms with Crippen LogP contribution in [-0.2, 0) is 10.0 Å². The molecule has 0 aliphatic carbocycles. The fourth-order valence-corrected chi connectivity index (χ4v) is 3.61. The van der Waals surface area contributed by atoms with E-state index < -0.39 is 10.0 Å². The summed E-state index contributed by atoms with van der Waals surface area (Å²) < 4.78 is 30.9. The Bertz CT molecular complexity index is 593. The molecule has 138 valence electrons. The second-order valence-electron chi connectivity index (χ2n) is 6.04. The molecule has 1 aliphatic rings. The predicted molar refractivity (Wildman–Crippen MR) is 98.6 cm³/mol. The van der Waals surface area contributed by atoms with Crippen LogP contribution in [0.4, 0.5) is 0 Å². The van der Waals surface area contributed by atoms with E-state index in [0.29, 0.717) is 18.4 Å². The first kappa shape index (κ1) is 21.2. The lowest BCUT2D eigenvalue weighted by Gasteiger charge is -2.32. The molecule has 1 unspecified atom stereocenters. The summed E-state index contributed by atoms with van der Waals surface area (Å²) in [5.41, 5.74) is 0. The van der Waals surface area contributed by atoms with Gasteiger partial charge in [-0.25, -0.2) is 12.7 Å². The van der Waals surface area contributed by atoms with Crippen molar-refractivity contribution in [2.45, 2.75) is 23.8 Å². The second kappa shape index (κ2) is 9.58. The molecule has 1 atom stereocenters. The molecule has 1 saturated heterocycles. The number of sulfonamides is 1. The number of likely N-dealkylation sites (tertiary alicyclic amines) is 1.